The molecule has 6 nitrogen and oxygen atoms in total. The summed E-state index contributed by atoms with van der Waals surface area (Å²) < 4.78 is 25.7. The van der Waals surface area contributed by atoms with E-state index in [0.717, 1.165) is 0 Å². The molecule has 0 aromatic heterocycles. The van der Waals surface area contributed by atoms with E-state index in [0.29, 0.717) is 12.2 Å². The summed E-state index contributed by atoms with van der Waals surface area (Å²) >= 11 is 0. The molecule has 0 amide bonds. The van der Waals surface area contributed by atoms with E-state index in [9.17, 15) is 8.42 Å². The molecule has 0 fully saturated rings. The molecule has 0 spiro atoms. The molecule has 0 aliphatic carbocycles. The van der Waals surface area contributed by atoms with Gasteiger partial charge in [0.1, 0.15) is 0 Å². The lowest BCUT2D eigenvalue weighted by atomic mass is 10.2. The summed E-state index contributed by atoms with van der Waals surface area (Å²) in [7, 11) is -3.44. The van der Waals surface area contributed by atoms with Gasteiger partial charge in [-0.05, 0) is 24.3 Å². The molecule has 1 aromatic carbocycles. The molecule has 0 radical (unpaired) electrons. The van der Waals surface area contributed by atoms with Crippen molar-refractivity contribution in [2.24, 2.45) is 0 Å². The van der Waals surface area contributed by atoms with Crippen LogP contribution >= 0.6 is 0 Å². The molecule has 0 bridgehead atoms. The third-order valence-electron chi connectivity index (χ3n) is 2.31. The van der Waals surface area contributed by atoms with E-state index >= 15 is 0 Å². The number of nitrogens with one attached hydrogen (secondary N) is 2. The third-order valence-corrected chi connectivity index (χ3v) is 3.87. The van der Waals surface area contributed by atoms with Crippen molar-refractivity contribution in [3.63, 3.8) is 0 Å². The number of hydrogen-bond acceptors (Lipinski definition) is 5. The summed E-state index contributed by atoms with van der Waals surface area (Å²) in [6.07, 6.45) is 0. The van der Waals surface area contributed by atoms with Crippen molar-refractivity contribution in [3.05, 3.63) is 24.3 Å². The minimum absolute atomic E-state index is 0.180. The molecule has 0 saturated heterocycles. The lowest BCUT2D eigenvalue weighted by Crippen LogP contribution is -2.27. The van der Waals surface area contributed by atoms with Crippen LogP contribution in [0.15, 0.2) is 29.2 Å². The number of hydrogen-bond donors (Lipinski definition) is 4. The van der Waals surface area contributed by atoms with Gasteiger partial charge in [-0.1, -0.05) is 6.92 Å². The third kappa shape index (κ3) is 3.95. The Kier molecular flexibility index (Phi) is 5.54. The summed E-state index contributed by atoms with van der Waals surface area (Å²) in [5, 5.41) is 20.7. The van der Waals surface area contributed by atoms with Crippen LogP contribution in [-0.2, 0) is 10.0 Å². The molecular weight excluding hydrogens is 256 g/mol. The molecule has 1 rings (SSSR count). The van der Waals surface area contributed by atoms with Gasteiger partial charge in [-0.3, -0.25) is 0 Å². The average molecular weight is 274 g/mol. The van der Waals surface area contributed by atoms with Gasteiger partial charge in [0.2, 0.25) is 10.0 Å². The number of rotatable bonds is 7. The van der Waals surface area contributed by atoms with Crippen LogP contribution in [0.2, 0.25) is 0 Å². The van der Waals surface area contributed by atoms with Gasteiger partial charge in [-0.25, -0.2) is 13.1 Å². The Bertz CT molecular complexity index is 454. The van der Waals surface area contributed by atoms with Crippen LogP contribution in [0.25, 0.3) is 0 Å². The van der Waals surface area contributed by atoms with E-state index in [-0.39, 0.29) is 18.1 Å². The lowest BCUT2D eigenvalue weighted by molar-refractivity contribution is 0.204. The minimum atomic E-state index is -3.44. The fourth-order valence-corrected chi connectivity index (χ4v) is 2.43. The highest BCUT2D eigenvalue weighted by atomic mass is 32.2. The van der Waals surface area contributed by atoms with E-state index in [1.807, 2.05) is 0 Å². The second-order valence-corrected chi connectivity index (χ2v) is 5.50. The molecule has 0 heterocycles. The van der Waals surface area contributed by atoms with Crippen LogP contribution < -0.4 is 10.0 Å². The molecular formula is C11H18N2O4S. The van der Waals surface area contributed by atoms with Crippen molar-refractivity contribution in [1.29, 1.82) is 0 Å². The van der Waals surface area contributed by atoms with Crippen molar-refractivity contribution in [2.75, 3.05) is 25.1 Å². The Morgan fingerprint density at radius 1 is 1.17 bits per heavy atom. The second kappa shape index (κ2) is 6.69. The number of benzene rings is 1. The fraction of sp³-hybridized carbons (Fsp3) is 0.455. The highest BCUT2D eigenvalue weighted by Gasteiger charge is 2.12. The summed E-state index contributed by atoms with van der Waals surface area (Å²) in [5.41, 5.74) is 0.638. The molecule has 0 saturated carbocycles. The van der Waals surface area contributed by atoms with Crippen LogP contribution in [-0.4, -0.2) is 44.4 Å². The molecule has 1 aromatic rings. The van der Waals surface area contributed by atoms with Crippen molar-refractivity contribution in [1.82, 2.24) is 4.72 Å². The molecule has 0 aliphatic rings. The van der Waals surface area contributed by atoms with Crippen LogP contribution in [0.4, 0.5) is 5.69 Å². The molecule has 0 aliphatic heterocycles. The highest BCUT2D eigenvalue weighted by Crippen LogP contribution is 2.14. The van der Waals surface area contributed by atoms with Gasteiger partial charge in [0.25, 0.3) is 0 Å². The minimum Gasteiger partial charge on any atom is -0.394 e. The first-order valence-electron chi connectivity index (χ1n) is 5.61. The van der Waals surface area contributed by atoms with Crippen molar-refractivity contribution >= 4 is 15.7 Å². The van der Waals surface area contributed by atoms with E-state index in [1.54, 1.807) is 19.1 Å². The Morgan fingerprint density at radius 3 is 2.17 bits per heavy atom. The number of anilines is 1. The van der Waals surface area contributed by atoms with Crippen molar-refractivity contribution in [3.8, 4) is 0 Å². The quantitative estimate of drug-likeness (QED) is 0.549. The van der Waals surface area contributed by atoms with Gasteiger partial charge in [-0.2, -0.15) is 0 Å². The van der Waals surface area contributed by atoms with Gasteiger partial charge in [-0.15, -0.1) is 0 Å². The molecule has 0 unspecified atom stereocenters. The predicted octanol–water partition coefficient (Wildman–Crippen LogP) is -0.250. The fourth-order valence-electron chi connectivity index (χ4n) is 1.39. The monoisotopic (exact) mass is 274 g/mol. The van der Waals surface area contributed by atoms with Gasteiger partial charge < -0.3 is 15.5 Å². The normalized spacial score (nSPS) is 11.8. The number of sulfonamides is 1. The zero-order valence-electron chi connectivity index (χ0n) is 10.1. The van der Waals surface area contributed by atoms with Crippen LogP contribution in [0.1, 0.15) is 6.92 Å². The molecule has 18 heavy (non-hydrogen) atoms. The zero-order chi connectivity index (χ0) is 13.6. The summed E-state index contributed by atoms with van der Waals surface area (Å²) in [6, 6.07) is 5.64. The first-order chi connectivity index (χ1) is 8.53. The standard InChI is InChI=1S/C11H18N2O4S/c1-2-12-18(16,17)11-5-3-9(4-6-11)13-10(7-14)8-15/h3-6,10,12-15H,2,7-8H2,1H3. The maximum absolute atomic E-state index is 11.7. The molecule has 102 valence electrons. The molecule has 4 N–H and O–H groups in total. The van der Waals surface area contributed by atoms with Gasteiger partial charge in [0.15, 0.2) is 0 Å². The van der Waals surface area contributed by atoms with Crippen LogP contribution in [0, 0.1) is 0 Å². The Morgan fingerprint density at radius 2 is 1.72 bits per heavy atom. The second-order valence-electron chi connectivity index (χ2n) is 3.73. The van der Waals surface area contributed by atoms with E-state index in [1.165, 1.54) is 12.1 Å². The van der Waals surface area contributed by atoms with Gasteiger partial charge >= 0.3 is 0 Å². The topological polar surface area (TPSA) is 98.7 Å². The Hall–Kier alpha value is -1.15. The summed E-state index contributed by atoms with van der Waals surface area (Å²) in [6.45, 7) is 1.64. The summed E-state index contributed by atoms with van der Waals surface area (Å²) in [4.78, 5) is 0.180. The van der Waals surface area contributed by atoms with Gasteiger partial charge in [0.05, 0.1) is 24.2 Å². The number of aliphatic hydroxyl groups excluding tert-OH is 2. The summed E-state index contributed by atoms with van der Waals surface area (Å²) in [5.74, 6) is 0. The predicted molar refractivity (Wildman–Crippen MR) is 68.9 cm³/mol. The number of aliphatic hydroxyl groups is 2. The lowest BCUT2D eigenvalue weighted by Gasteiger charge is -2.15. The van der Waals surface area contributed by atoms with Crippen molar-refractivity contribution < 1.29 is 18.6 Å². The van der Waals surface area contributed by atoms with Crippen molar-refractivity contribution in [2.45, 2.75) is 17.9 Å². The van der Waals surface area contributed by atoms with E-state index in [2.05, 4.69) is 10.0 Å². The average Bonchev–Trinajstić information content (AvgIpc) is 2.36. The first kappa shape index (κ1) is 14.9. The van der Waals surface area contributed by atoms with E-state index < -0.39 is 16.1 Å². The zero-order valence-corrected chi connectivity index (χ0v) is 10.9. The Labute approximate surface area is 107 Å². The smallest absolute Gasteiger partial charge is 0.240 e. The van der Waals surface area contributed by atoms with Crippen LogP contribution in [0.3, 0.4) is 0 Å². The maximum Gasteiger partial charge on any atom is 0.240 e. The molecule has 7 heteroatoms. The maximum atomic E-state index is 11.7. The SMILES string of the molecule is CCNS(=O)(=O)c1ccc(NC(CO)CO)cc1. The molecule has 0 atom stereocenters. The first-order valence-corrected chi connectivity index (χ1v) is 7.09. The van der Waals surface area contributed by atoms with Crippen LogP contribution in [0.5, 0.6) is 0 Å². The largest absolute Gasteiger partial charge is 0.394 e. The van der Waals surface area contributed by atoms with E-state index in [4.69, 9.17) is 10.2 Å². The highest BCUT2D eigenvalue weighted by molar-refractivity contribution is 7.89. The Balaban J connectivity index is 2.80. The van der Waals surface area contributed by atoms with Gasteiger partial charge in [0, 0.05) is 12.2 Å².